The topological polar surface area (TPSA) is 51.2 Å². The molecule has 4 rings (SSSR count). The van der Waals surface area contributed by atoms with Crippen LogP contribution in [0, 0.1) is 11.8 Å². The van der Waals surface area contributed by atoms with Crippen molar-refractivity contribution in [1.82, 2.24) is 0 Å². The van der Waals surface area contributed by atoms with Crippen LogP contribution in [0.1, 0.15) is 66.1 Å². The van der Waals surface area contributed by atoms with E-state index in [9.17, 15) is 14.4 Å². The molecule has 3 heteroatoms. The van der Waals surface area contributed by atoms with Crippen molar-refractivity contribution in [2.45, 2.75) is 51.9 Å². The van der Waals surface area contributed by atoms with E-state index in [1.54, 1.807) is 6.92 Å². The summed E-state index contributed by atoms with van der Waals surface area (Å²) >= 11 is 0. The van der Waals surface area contributed by atoms with Crippen molar-refractivity contribution in [3.05, 3.63) is 76.9 Å². The maximum atomic E-state index is 13.2. The molecule has 2 aromatic carbocycles. The highest BCUT2D eigenvalue weighted by atomic mass is 16.2. The lowest BCUT2D eigenvalue weighted by molar-refractivity contribution is -0.133. The van der Waals surface area contributed by atoms with E-state index in [4.69, 9.17) is 0 Å². The number of carbonyl (C=O) groups excluding carboxylic acids is 3. The second-order valence-corrected chi connectivity index (χ2v) is 8.57. The van der Waals surface area contributed by atoms with Crippen LogP contribution in [0.3, 0.4) is 0 Å². The third-order valence-corrected chi connectivity index (χ3v) is 6.61. The summed E-state index contributed by atoms with van der Waals surface area (Å²) in [6.45, 7) is 1.70. The van der Waals surface area contributed by atoms with Crippen LogP contribution in [-0.4, -0.2) is 17.3 Å². The van der Waals surface area contributed by atoms with Gasteiger partial charge in [0.1, 0.15) is 0 Å². The van der Waals surface area contributed by atoms with E-state index in [2.05, 4.69) is 24.3 Å². The van der Waals surface area contributed by atoms with Gasteiger partial charge in [-0.2, -0.15) is 0 Å². The maximum absolute atomic E-state index is 13.2. The standard InChI is InChI=1S/C27H28O3/c1-2-25(28)27(30)23-15-14-20-12-13-22(17-24(20)23)26(29)21-10-8-19(9-11-21)16-18-6-4-3-5-7-18/h3-7,12-13,15,17,19,21H,2,8-11,14,16H2,1H3. The Kier molecular flexibility index (Phi) is 6.08. The number of fused-ring (bicyclic) bond motifs is 1. The molecule has 0 aromatic heterocycles. The predicted molar refractivity (Wildman–Crippen MR) is 118 cm³/mol. The molecule has 0 unspecified atom stereocenters. The summed E-state index contributed by atoms with van der Waals surface area (Å²) in [5.74, 6) is 0.0712. The molecule has 1 saturated carbocycles. The Morgan fingerprint density at radius 1 is 0.933 bits per heavy atom. The molecule has 0 aliphatic heterocycles. The zero-order valence-corrected chi connectivity index (χ0v) is 17.5. The SMILES string of the molecule is CCC(=O)C(=O)C1=CCc2ccc(C(=O)C3CCC(Cc4ccccc4)CC3)cc21. The van der Waals surface area contributed by atoms with E-state index in [0.717, 1.165) is 43.2 Å². The minimum atomic E-state index is -0.428. The monoisotopic (exact) mass is 400 g/mol. The van der Waals surface area contributed by atoms with Gasteiger partial charge in [-0.3, -0.25) is 14.4 Å². The molecule has 0 spiro atoms. The number of hydrogen-bond acceptors (Lipinski definition) is 3. The molecular weight excluding hydrogens is 372 g/mol. The number of benzene rings is 2. The van der Waals surface area contributed by atoms with Crippen LogP contribution in [-0.2, 0) is 22.4 Å². The van der Waals surface area contributed by atoms with Crippen molar-refractivity contribution in [3.63, 3.8) is 0 Å². The molecule has 0 atom stereocenters. The summed E-state index contributed by atoms with van der Waals surface area (Å²) in [5, 5.41) is 0. The lowest BCUT2D eigenvalue weighted by Gasteiger charge is -2.28. The third-order valence-electron chi connectivity index (χ3n) is 6.61. The molecule has 0 amide bonds. The highest BCUT2D eigenvalue weighted by Gasteiger charge is 2.29. The summed E-state index contributed by atoms with van der Waals surface area (Å²) < 4.78 is 0. The van der Waals surface area contributed by atoms with Crippen molar-refractivity contribution < 1.29 is 14.4 Å². The molecule has 0 heterocycles. The molecule has 0 bridgehead atoms. The third kappa shape index (κ3) is 4.21. The van der Waals surface area contributed by atoms with Gasteiger partial charge in [-0.15, -0.1) is 0 Å². The van der Waals surface area contributed by atoms with Gasteiger partial charge in [0.05, 0.1) is 0 Å². The number of allylic oxidation sites excluding steroid dienone is 2. The Bertz CT molecular complexity index is 992. The Labute approximate surface area is 178 Å². The van der Waals surface area contributed by atoms with E-state index >= 15 is 0 Å². The highest BCUT2D eigenvalue weighted by molar-refractivity contribution is 6.54. The second-order valence-electron chi connectivity index (χ2n) is 8.57. The van der Waals surface area contributed by atoms with Crippen LogP contribution >= 0.6 is 0 Å². The molecule has 2 aliphatic carbocycles. The quantitative estimate of drug-likeness (QED) is 0.461. The summed E-state index contributed by atoms with van der Waals surface area (Å²) in [7, 11) is 0. The largest absolute Gasteiger partial charge is 0.294 e. The Morgan fingerprint density at radius 3 is 2.37 bits per heavy atom. The van der Waals surface area contributed by atoms with E-state index in [1.807, 2.05) is 30.3 Å². The zero-order chi connectivity index (χ0) is 21.1. The van der Waals surface area contributed by atoms with Gasteiger partial charge in [0, 0.05) is 23.5 Å². The Hall–Kier alpha value is -2.81. The molecule has 0 saturated heterocycles. The van der Waals surface area contributed by atoms with Crippen LogP contribution in [0.2, 0.25) is 0 Å². The molecule has 2 aromatic rings. The average molecular weight is 401 g/mol. The van der Waals surface area contributed by atoms with Gasteiger partial charge in [0.25, 0.3) is 0 Å². The summed E-state index contributed by atoms with van der Waals surface area (Å²) in [4.78, 5) is 37.4. The summed E-state index contributed by atoms with van der Waals surface area (Å²) in [6.07, 6.45) is 7.75. The summed E-state index contributed by atoms with van der Waals surface area (Å²) in [5.41, 5.74) is 4.30. The van der Waals surface area contributed by atoms with Crippen LogP contribution in [0.5, 0.6) is 0 Å². The molecule has 30 heavy (non-hydrogen) atoms. The van der Waals surface area contributed by atoms with Crippen molar-refractivity contribution in [2.75, 3.05) is 0 Å². The molecule has 1 fully saturated rings. The van der Waals surface area contributed by atoms with E-state index in [-0.39, 0.29) is 23.9 Å². The van der Waals surface area contributed by atoms with E-state index < -0.39 is 5.78 Å². The average Bonchev–Trinajstić information content (AvgIpc) is 3.22. The van der Waals surface area contributed by atoms with Crippen molar-refractivity contribution in [1.29, 1.82) is 0 Å². The fourth-order valence-corrected chi connectivity index (χ4v) is 4.82. The number of rotatable bonds is 7. The van der Waals surface area contributed by atoms with E-state index in [0.29, 0.717) is 23.5 Å². The zero-order valence-electron chi connectivity index (χ0n) is 17.5. The van der Waals surface area contributed by atoms with Crippen LogP contribution < -0.4 is 0 Å². The first-order valence-electron chi connectivity index (χ1n) is 11.1. The molecule has 0 radical (unpaired) electrons. The lowest BCUT2D eigenvalue weighted by Crippen LogP contribution is -2.23. The van der Waals surface area contributed by atoms with Gasteiger partial charge in [-0.25, -0.2) is 0 Å². The normalized spacial score (nSPS) is 20.4. The first kappa shape index (κ1) is 20.5. The fraction of sp³-hybridized carbons (Fsp3) is 0.370. The van der Waals surface area contributed by atoms with Gasteiger partial charge in [-0.1, -0.05) is 55.5 Å². The highest BCUT2D eigenvalue weighted by Crippen LogP contribution is 2.35. The van der Waals surface area contributed by atoms with Crippen LogP contribution in [0.15, 0.2) is 54.6 Å². The van der Waals surface area contributed by atoms with Gasteiger partial charge >= 0.3 is 0 Å². The smallest absolute Gasteiger partial charge is 0.228 e. The number of Topliss-reactive ketones (excluding diaryl/α,β-unsaturated/α-hetero) is 3. The Balaban J connectivity index is 1.42. The maximum Gasteiger partial charge on any atom is 0.228 e. The van der Waals surface area contributed by atoms with Gasteiger partial charge < -0.3 is 0 Å². The van der Waals surface area contributed by atoms with Crippen molar-refractivity contribution in [3.8, 4) is 0 Å². The van der Waals surface area contributed by atoms with E-state index in [1.165, 1.54) is 5.56 Å². The number of hydrogen-bond donors (Lipinski definition) is 0. The molecule has 2 aliphatic rings. The molecule has 0 N–H and O–H groups in total. The first-order chi connectivity index (χ1) is 14.6. The Morgan fingerprint density at radius 2 is 1.67 bits per heavy atom. The number of ketones is 3. The van der Waals surface area contributed by atoms with Gasteiger partial charge in [-0.05, 0) is 67.2 Å². The fourth-order valence-electron chi connectivity index (χ4n) is 4.82. The minimum absolute atomic E-state index is 0.0527. The lowest BCUT2D eigenvalue weighted by atomic mass is 9.76. The summed E-state index contributed by atoms with van der Waals surface area (Å²) in [6, 6.07) is 16.2. The van der Waals surface area contributed by atoms with Crippen LogP contribution in [0.25, 0.3) is 5.57 Å². The molecular formula is C27H28O3. The second kappa shape index (κ2) is 8.91. The van der Waals surface area contributed by atoms with Crippen molar-refractivity contribution in [2.24, 2.45) is 11.8 Å². The molecule has 3 nitrogen and oxygen atoms in total. The minimum Gasteiger partial charge on any atom is -0.294 e. The van der Waals surface area contributed by atoms with Gasteiger partial charge in [0.15, 0.2) is 5.78 Å². The first-order valence-corrected chi connectivity index (χ1v) is 11.1. The van der Waals surface area contributed by atoms with Crippen molar-refractivity contribution >= 4 is 22.9 Å². The van der Waals surface area contributed by atoms with Crippen LogP contribution in [0.4, 0.5) is 0 Å². The van der Waals surface area contributed by atoms with Gasteiger partial charge in [0.2, 0.25) is 11.6 Å². The molecule has 154 valence electrons. The number of carbonyl (C=O) groups is 3. The predicted octanol–water partition coefficient (Wildman–Crippen LogP) is 5.41.